The zero-order valence-electron chi connectivity index (χ0n) is 19.4. The van der Waals surface area contributed by atoms with Crippen LogP contribution < -0.4 is 16.6 Å². The van der Waals surface area contributed by atoms with Gasteiger partial charge in [0.2, 0.25) is 11.8 Å². The van der Waals surface area contributed by atoms with Crippen LogP contribution in [0.3, 0.4) is 0 Å². The van der Waals surface area contributed by atoms with Gasteiger partial charge < -0.3 is 10.2 Å². The number of nitrogens with one attached hydrogen (secondary N) is 2. The normalized spacial score (nSPS) is 25.3. The van der Waals surface area contributed by atoms with Gasteiger partial charge >= 0.3 is 0 Å². The molecule has 1 aliphatic heterocycles. The van der Waals surface area contributed by atoms with E-state index in [0.29, 0.717) is 23.2 Å². The van der Waals surface area contributed by atoms with Crippen molar-refractivity contribution in [3.8, 4) is 0 Å². The molecule has 11 heteroatoms. The molecule has 0 radical (unpaired) electrons. The number of aryl methyl sites for hydroxylation is 1. The molecule has 4 atom stereocenters. The van der Waals surface area contributed by atoms with Crippen molar-refractivity contribution in [3.63, 3.8) is 0 Å². The van der Waals surface area contributed by atoms with E-state index in [-0.39, 0.29) is 52.6 Å². The quantitative estimate of drug-likeness (QED) is 0.266. The summed E-state index contributed by atoms with van der Waals surface area (Å²) in [5, 5.41) is 7.73. The van der Waals surface area contributed by atoms with E-state index in [9.17, 15) is 18.8 Å². The van der Waals surface area contributed by atoms with Crippen LogP contribution in [0.2, 0.25) is 5.02 Å². The first-order valence-electron chi connectivity index (χ1n) is 11.7. The van der Waals surface area contributed by atoms with Crippen molar-refractivity contribution in [2.45, 2.75) is 44.9 Å². The number of amides is 3. The van der Waals surface area contributed by atoms with Gasteiger partial charge in [0.25, 0.3) is 5.91 Å². The minimum Gasteiger partial charge on any atom is -0.350 e. The van der Waals surface area contributed by atoms with Crippen LogP contribution in [0.4, 0.5) is 4.39 Å². The van der Waals surface area contributed by atoms with Gasteiger partial charge in [-0.25, -0.2) is 10.2 Å². The fourth-order valence-corrected chi connectivity index (χ4v) is 6.04. The van der Waals surface area contributed by atoms with E-state index in [1.54, 1.807) is 17.0 Å². The van der Waals surface area contributed by atoms with Gasteiger partial charge in [-0.1, -0.05) is 35.4 Å². The van der Waals surface area contributed by atoms with Gasteiger partial charge in [0.15, 0.2) is 5.69 Å². The Hall–Kier alpha value is -3.50. The summed E-state index contributed by atoms with van der Waals surface area (Å²) in [6.07, 6.45) is 1.61. The molecule has 3 aromatic rings. The number of carbonyl (C=O) groups excluding carboxylic acids is 3. The van der Waals surface area contributed by atoms with Gasteiger partial charge in [-0.05, 0) is 49.3 Å². The number of fused-ring (bicyclic) bond motifs is 2. The van der Waals surface area contributed by atoms with E-state index in [1.165, 1.54) is 10.7 Å². The number of halogens is 2. The molecule has 36 heavy (non-hydrogen) atoms. The lowest BCUT2D eigenvalue weighted by Crippen LogP contribution is -2.49. The second kappa shape index (κ2) is 8.01. The first kappa shape index (κ1) is 22.9. The van der Waals surface area contributed by atoms with Crippen LogP contribution in [0.1, 0.15) is 34.5 Å². The van der Waals surface area contributed by atoms with Crippen LogP contribution in [0.15, 0.2) is 36.4 Å². The Labute approximate surface area is 210 Å². The van der Waals surface area contributed by atoms with Crippen molar-refractivity contribution < 1.29 is 18.8 Å². The van der Waals surface area contributed by atoms with E-state index in [4.69, 9.17) is 17.4 Å². The number of aromatic nitrogens is 2. The van der Waals surface area contributed by atoms with Crippen LogP contribution in [-0.2, 0) is 22.7 Å². The maximum absolute atomic E-state index is 14.3. The lowest BCUT2D eigenvalue weighted by Gasteiger charge is -2.28. The summed E-state index contributed by atoms with van der Waals surface area (Å²) in [6.45, 7) is 1.75. The lowest BCUT2D eigenvalue weighted by molar-refractivity contribution is -0.140. The molecule has 3 amide bonds. The molecule has 3 fully saturated rings. The number of rotatable bonds is 6. The van der Waals surface area contributed by atoms with Crippen molar-refractivity contribution >= 4 is 40.2 Å². The molecule has 2 unspecified atom stereocenters. The summed E-state index contributed by atoms with van der Waals surface area (Å²) >= 11 is 5.85. The Morgan fingerprint density at radius 3 is 2.81 bits per heavy atom. The van der Waals surface area contributed by atoms with Crippen molar-refractivity contribution in [2.75, 3.05) is 0 Å². The average molecular weight is 511 g/mol. The summed E-state index contributed by atoms with van der Waals surface area (Å²) in [7, 11) is 0. The van der Waals surface area contributed by atoms with E-state index in [1.807, 2.05) is 25.1 Å². The molecule has 1 spiro atoms. The molecule has 1 aromatic heterocycles. The summed E-state index contributed by atoms with van der Waals surface area (Å²) in [4.78, 5) is 40.6. The fraction of sp³-hybridized carbons (Fsp3) is 0.360. The predicted octanol–water partition coefficient (Wildman–Crippen LogP) is 2.05. The minimum absolute atomic E-state index is 0.00953. The summed E-state index contributed by atoms with van der Waals surface area (Å²) < 4.78 is 15.7. The molecule has 3 aliphatic rings. The average Bonchev–Trinajstić information content (AvgIpc) is 3.64. The Balaban J connectivity index is 1.23. The molecule has 6 rings (SSSR count). The van der Waals surface area contributed by atoms with Crippen molar-refractivity contribution in [1.29, 1.82) is 0 Å². The molecule has 0 bridgehead atoms. The molecule has 4 N–H and O–H groups in total. The highest BCUT2D eigenvalue weighted by atomic mass is 35.5. The highest BCUT2D eigenvalue weighted by Crippen LogP contribution is 2.82. The number of piperidine rings is 1. The zero-order chi connectivity index (χ0) is 25.4. The standard InChI is InChI=1S/C25H24ClFN6O3/c1-12-5-6-17-14(7-12)21(24(36)30-28)31-32(17)11-19(34)33-18(9-25-8-15(25)22(25)33)23(35)29-10-13-3-2-4-16(26)20(13)27/h2-7,15,18,22H,8-11,28H2,1H3,(H,29,35)(H,30,36)/t15?,18?,22-,25-/m1/s1. The number of nitrogens with two attached hydrogens (primary N) is 1. The molecule has 9 nitrogen and oxygen atoms in total. The molecule has 1 saturated heterocycles. The van der Waals surface area contributed by atoms with Crippen molar-refractivity contribution in [2.24, 2.45) is 17.2 Å². The third-order valence-corrected chi connectivity index (χ3v) is 8.15. The second-order valence-electron chi connectivity index (χ2n) is 9.94. The number of hydrogen-bond donors (Lipinski definition) is 3. The van der Waals surface area contributed by atoms with Gasteiger partial charge in [0.05, 0.1) is 10.5 Å². The van der Waals surface area contributed by atoms with Crippen LogP contribution in [0.5, 0.6) is 0 Å². The molecule has 2 saturated carbocycles. The molecule has 186 valence electrons. The Morgan fingerprint density at radius 2 is 2.06 bits per heavy atom. The van der Waals surface area contributed by atoms with Gasteiger partial charge in [-0.2, -0.15) is 5.10 Å². The summed E-state index contributed by atoms with van der Waals surface area (Å²) in [6, 6.07) is 9.53. The number of likely N-dealkylation sites (tertiary alicyclic amines) is 1. The SMILES string of the molecule is Cc1ccc2c(c1)c(C(=O)NN)nn2CC(=O)N1C(C(=O)NCc2cccc(Cl)c2F)C[C@]23CC2[C@@H]13. The molecular formula is C25H24ClFN6O3. The van der Waals surface area contributed by atoms with E-state index in [2.05, 4.69) is 15.8 Å². The fourth-order valence-electron chi connectivity index (χ4n) is 5.85. The van der Waals surface area contributed by atoms with Crippen LogP contribution in [0.25, 0.3) is 10.9 Å². The van der Waals surface area contributed by atoms with Crippen LogP contribution in [-0.4, -0.2) is 44.5 Å². The minimum atomic E-state index is -0.639. The summed E-state index contributed by atoms with van der Waals surface area (Å²) in [5.74, 6) is 4.08. The molecule has 2 heterocycles. The number of nitrogens with zero attached hydrogens (tertiary/aromatic N) is 3. The number of nitrogen functional groups attached to an aromatic ring is 1. The van der Waals surface area contributed by atoms with Crippen LogP contribution >= 0.6 is 11.6 Å². The Kier molecular flexibility index (Phi) is 5.10. The monoisotopic (exact) mass is 510 g/mol. The van der Waals surface area contributed by atoms with Crippen molar-refractivity contribution in [3.05, 3.63) is 64.1 Å². The largest absolute Gasteiger partial charge is 0.350 e. The summed E-state index contributed by atoms with van der Waals surface area (Å²) in [5.41, 5.74) is 4.11. The maximum Gasteiger partial charge on any atom is 0.286 e. The molecule has 2 aromatic carbocycles. The predicted molar refractivity (Wildman–Crippen MR) is 129 cm³/mol. The molecule has 2 aliphatic carbocycles. The zero-order valence-corrected chi connectivity index (χ0v) is 20.2. The van der Waals surface area contributed by atoms with E-state index < -0.39 is 17.8 Å². The van der Waals surface area contributed by atoms with Crippen molar-refractivity contribution in [1.82, 2.24) is 25.4 Å². The highest BCUT2D eigenvalue weighted by molar-refractivity contribution is 6.30. The van der Waals surface area contributed by atoms with Gasteiger partial charge in [-0.3, -0.25) is 24.5 Å². The van der Waals surface area contributed by atoms with Crippen LogP contribution in [0, 0.1) is 24.1 Å². The van der Waals surface area contributed by atoms with E-state index in [0.717, 1.165) is 12.0 Å². The van der Waals surface area contributed by atoms with E-state index >= 15 is 0 Å². The third-order valence-electron chi connectivity index (χ3n) is 7.86. The maximum atomic E-state index is 14.3. The van der Waals surface area contributed by atoms with Gasteiger partial charge in [0.1, 0.15) is 18.4 Å². The Morgan fingerprint density at radius 1 is 1.25 bits per heavy atom. The third kappa shape index (κ3) is 3.39. The van der Waals surface area contributed by atoms with Gasteiger partial charge in [0, 0.05) is 23.5 Å². The smallest absolute Gasteiger partial charge is 0.286 e. The highest BCUT2D eigenvalue weighted by Gasteiger charge is 2.85. The number of carbonyl (C=O) groups is 3. The first-order chi connectivity index (χ1) is 17.2. The van der Waals surface area contributed by atoms with Gasteiger partial charge in [-0.15, -0.1) is 0 Å². The topological polar surface area (TPSA) is 122 Å². The first-order valence-corrected chi connectivity index (χ1v) is 12.1. The lowest BCUT2D eigenvalue weighted by atomic mass is 10.1. The molecular weight excluding hydrogens is 487 g/mol. The number of hydrazine groups is 1. The number of benzene rings is 2. The second-order valence-corrected chi connectivity index (χ2v) is 10.3. The Bertz CT molecular complexity index is 1460. The number of hydrogen-bond acceptors (Lipinski definition) is 5.